The van der Waals surface area contributed by atoms with Gasteiger partial charge in [-0.15, -0.1) is 0 Å². The molecule has 0 saturated carbocycles. The Kier molecular flexibility index (Phi) is 5.29. The number of aromatic nitrogens is 2. The van der Waals surface area contributed by atoms with Gasteiger partial charge in [-0.2, -0.15) is 5.10 Å². The van der Waals surface area contributed by atoms with Crippen molar-refractivity contribution in [2.75, 3.05) is 7.11 Å². The van der Waals surface area contributed by atoms with Crippen LogP contribution in [0.1, 0.15) is 19.4 Å². The summed E-state index contributed by atoms with van der Waals surface area (Å²) in [6.45, 7) is 4.64. The molecule has 86 valence electrons. The Hall–Kier alpha value is -1.61. The van der Waals surface area contributed by atoms with Gasteiger partial charge in [0.15, 0.2) is 0 Å². The third kappa shape index (κ3) is 3.21. The Labute approximate surface area is 96.5 Å². The van der Waals surface area contributed by atoms with E-state index in [1.807, 2.05) is 38.1 Å². The van der Waals surface area contributed by atoms with Crippen molar-refractivity contribution < 1.29 is 4.74 Å². The third-order valence-corrected chi connectivity index (χ3v) is 2.05. The monoisotopic (exact) mass is 218 g/mol. The van der Waals surface area contributed by atoms with Gasteiger partial charge in [-0.05, 0) is 23.3 Å². The molecule has 16 heavy (non-hydrogen) atoms. The van der Waals surface area contributed by atoms with Crippen molar-refractivity contribution in [2.24, 2.45) is 0 Å². The molecule has 0 aliphatic rings. The Bertz CT molecular complexity index is 396. The SMILES string of the molecule is CC.COCc1cccc(-c2ccn[nH]2)c1. The van der Waals surface area contributed by atoms with Crippen LogP contribution in [0.15, 0.2) is 36.5 Å². The van der Waals surface area contributed by atoms with Gasteiger partial charge in [0, 0.05) is 13.3 Å². The van der Waals surface area contributed by atoms with Crippen LogP contribution < -0.4 is 0 Å². The summed E-state index contributed by atoms with van der Waals surface area (Å²) >= 11 is 0. The molecule has 0 aliphatic heterocycles. The van der Waals surface area contributed by atoms with Crippen molar-refractivity contribution in [2.45, 2.75) is 20.5 Å². The fraction of sp³-hybridized carbons (Fsp3) is 0.308. The number of nitrogens with one attached hydrogen (secondary N) is 1. The molecular formula is C13H18N2O. The van der Waals surface area contributed by atoms with Crippen molar-refractivity contribution in [3.63, 3.8) is 0 Å². The molecule has 0 amide bonds. The van der Waals surface area contributed by atoms with Crippen LogP contribution in [0.25, 0.3) is 11.3 Å². The van der Waals surface area contributed by atoms with E-state index in [1.54, 1.807) is 13.3 Å². The Morgan fingerprint density at radius 2 is 2.06 bits per heavy atom. The van der Waals surface area contributed by atoms with Gasteiger partial charge >= 0.3 is 0 Å². The summed E-state index contributed by atoms with van der Waals surface area (Å²) in [7, 11) is 1.70. The van der Waals surface area contributed by atoms with Gasteiger partial charge in [-0.1, -0.05) is 32.0 Å². The molecule has 3 nitrogen and oxygen atoms in total. The second kappa shape index (κ2) is 6.80. The number of benzene rings is 1. The molecule has 3 heteroatoms. The number of hydrogen-bond acceptors (Lipinski definition) is 2. The largest absolute Gasteiger partial charge is 0.380 e. The third-order valence-electron chi connectivity index (χ3n) is 2.05. The highest BCUT2D eigenvalue weighted by Gasteiger charge is 1.99. The van der Waals surface area contributed by atoms with E-state index in [4.69, 9.17) is 4.74 Å². The first-order valence-corrected chi connectivity index (χ1v) is 5.48. The van der Waals surface area contributed by atoms with Crippen molar-refractivity contribution in [3.05, 3.63) is 42.1 Å². The van der Waals surface area contributed by atoms with Crippen LogP contribution in [0.5, 0.6) is 0 Å². The van der Waals surface area contributed by atoms with Gasteiger partial charge in [-0.25, -0.2) is 0 Å². The number of H-pyrrole nitrogens is 1. The Balaban J connectivity index is 0.000000606. The summed E-state index contributed by atoms with van der Waals surface area (Å²) in [5.74, 6) is 0. The molecule has 1 heterocycles. The van der Waals surface area contributed by atoms with Crippen molar-refractivity contribution in [1.29, 1.82) is 0 Å². The molecule has 0 atom stereocenters. The van der Waals surface area contributed by atoms with E-state index in [1.165, 1.54) is 5.56 Å². The normalized spacial score (nSPS) is 9.44. The van der Waals surface area contributed by atoms with E-state index in [-0.39, 0.29) is 0 Å². The summed E-state index contributed by atoms with van der Waals surface area (Å²) in [6, 6.07) is 10.2. The zero-order valence-electron chi connectivity index (χ0n) is 10.0. The Morgan fingerprint density at radius 1 is 1.25 bits per heavy atom. The summed E-state index contributed by atoms with van der Waals surface area (Å²) in [5.41, 5.74) is 3.33. The maximum atomic E-state index is 5.07. The van der Waals surface area contributed by atoms with Crippen molar-refractivity contribution in [1.82, 2.24) is 10.2 Å². The first-order valence-electron chi connectivity index (χ1n) is 5.48. The fourth-order valence-corrected chi connectivity index (χ4v) is 1.41. The highest BCUT2D eigenvalue weighted by molar-refractivity contribution is 5.59. The number of rotatable bonds is 3. The zero-order valence-corrected chi connectivity index (χ0v) is 10.0. The van der Waals surface area contributed by atoms with Crippen LogP contribution in [-0.2, 0) is 11.3 Å². The highest BCUT2D eigenvalue weighted by atomic mass is 16.5. The quantitative estimate of drug-likeness (QED) is 0.858. The van der Waals surface area contributed by atoms with Gasteiger partial charge in [-0.3, -0.25) is 5.10 Å². The molecule has 0 aliphatic carbocycles. The number of ether oxygens (including phenoxy) is 1. The van der Waals surface area contributed by atoms with Crippen LogP contribution >= 0.6 is 0 Å². The molecule has 2 rings (SSSR count). The lowest BCUT2D eigenvalue weighted by atomic mass is 10.1. The van der Waals surface area contributed by atoms with Gasteiger partial charge in [0.1, 0.15) is 0 Å². The first-order chi connectivity index (χ1) is 7.90. The Morgan fingerprint density at radius 3 is 2.69 bits per heavy atom. The number of nitrogens with zero attached hydrogens (tertiary/aromatic N) is 1. The number of methoxy groups -OCH3 is 1. The van der Waals surface area contributed by atoms with Gasteiger partial charge in [0.25, 0.3) is 0 Å². The standard InChI is InChI=1S/C11H12N2O.C2H6/c1-14-8-9-3-2-4-10(7-9)11-5-6-12-13-11;1-2/h2-7H,8H2,1H3,(H,12,13);1-2H3. The van der Waals surface area contributed by atoms with Gasteiger partial charge in [0.05, 0.1) is 12.3 Å². The van der Waals surface area contributed by atoms with E-state index in [9.17, 15) is 0 Å². The second-order valence-electron chi connectivity index (χ2n) is 3.10. The molecule has 0 spiro atoms. The molecule has 0 bridgehead atoms. The predicted octanol–water partition coefficient (Wildman–Crippen LogP) is 3.25. The molecule has 0 fully saturated rings. The fourth-order valence-electron chi connectivity index (χ4n) is 1.41. The summed E-state index contributed by atoms with van der Waals surface area (Å²) < 4.78 is 5.07. The van der Waals surface area contributed by atoms with Crippen molar-refractivity contribution in [3.8, 4) is 11.3 Å². The highest BCUT2D eigenvalue weighted by Crippen LogP contribution is 2.17. The van der Waals surface area contributed by atoms with Crippen molar-refractivity contribution >= 4 is 0 Å². The minimum Gasteiger partial charge on any atom is -0.380 e. The van der Waals surface area contributed by atoms with E-state index < -0.39 is 0 Å². The lowest BCUT2D eigenvalue weighted by Crippen LogP contribution is -1.87. The zero-order chi connectivity index (χ0) is 11.8. The second-order valence-corrected chi connectivity index (χ2v) is 3.10. The minimum atomic E-state index is 0.641. The van der Waals surface area contributed by atoms with Gasteiger partial charge < -0.3 is 4.74 Å². The van der Waals surface area contributed by atoms with E-state index in [2.05, 4.69) is 16.3 Å². The summed E-state index contributed by atoms with van der Waals surface area (Å²) in [5, 5.41) is 6.85. The lowest BCUT2D eigenvalue weighted by molar-refractivity contribution is 0.185. The van der Waals surface area contributed by atoms with E-state index in [0.29, 0.717) is 6.61 Å². The maximum absolute atomic E-state index is 5.07. The molecular weight excluding hydrogens is 200 g/mol. The smallest absolute Gasteiger partial charge is 0.0713 e. The molecule has 2 aromatic rings. The number of aromatic amines is 1. The minimum absolute atomic E-state index is 0.641. The van der Waals surface area contributed by atoms with E-state index in [0.717, 1.165) is 11.3 Å². The predicted molar refractivity (Wildman–Crippen MR) is 66.1 cm³/mol. The topological polar surface area (TPSA) is 37.9 Å². The summed E-state index contributed by atoms with van der Waals surface area (Å²) in [6.07, 6.45) is 1.75. The summed E-state index contributed by atoms with van der Waals surface area (Å²) in [4.78, 5) is 0. The van der Waals surface area contributed by atoms with Crippen LogP contribution in [0, 0.1) is 0 Å². The average Bonchev–Trinajstić information content (AvgIpc) is 2.86. The van der Waals surface area contributed by atoms with Crippen LogP contribution in [-0.4, -0.2) is 17.3 Å². The maximum Gasteiger partial charge on any atom is 0.0713 e. The average molecular weight is 218 g/mol. The molecule has 0 radical (unpaired) electrons. The van der Waals surface area contributed by atoms with Crippen LogP contribution in [0.4, 0.5) is 0 Å². The van der Waals surface area contributed by atoms with E-state index >= 15 is 0 Å². The molecule has 1 aromatic heterocycles. The number of hydrogen-bond donors (Lipinski definition) is 1. The lowest BCUT2D eigenvalue weighted by Gasteiger charge is -2.02. The molecule has 0 unspecified atom stereocenters. The molecule has 0 saturated heterocycles. The van der Waals surface area contributed by atoms with Crippen LogP contribution in [0.2, 0.25) is 0 Å². The van der Waals surface area contributed by atoms with Crippen LogP contribution in [0.3, 0.4) is 0 Å². The van der Waals surface area contributed by atoms with Gasteiger partial charge in [0.2, 0.25) is 0 Å². The first kappa shape index (κ1) is 12.5. The molecule has 1 N–H and O–H groups in total. The molecule has 1 aromatic carbocycles.